The van der Waals surface area contributed by atoms with Crippen LogP contribution in [0.4, 0.5) is 0 Å². The van der Waals surface area contributed by atoms with Crippen molar-refractivity contribution in [1.82, 2.24) is 4.98 Å². The molecule has 1 aromatic heterocycles. The zero-order valence-corrected chi connectivity index (χ0v) is 17.4. The Hall–Kier alpha value is -0.800. The predicted octanol–water partition coefficient (Wildman–Crippen LogP) is 5.63. The van der Waals surface area contributed by atoms with E-state index in [9.17, 15) is 0 Å². The van der Waals surface area contributed by atoms with Crippen molar-refractivity contribution in [3.8, 4) is 0 Å². The minimum atomic E-state index is 0. The number of pyridine rings is 1. The second-order valence-corrected chi connectivity index (χ2v) is 7.28. The first kappa shape index (κ1) is 18.5. The molecule has 1 nitrogen and oxygen atoms in total. The molecule has 0 N–H and O–H groups in total. The Morgan fingerprint density at radius 3 is 2.43 bits per heavy atom. The van der Waals surface area contributed by atoms with Crippen molar-refractivity contribution in [3.63, 3.8) is 0 Å². The summed E-state index contributed by atoms with van der Waals surface area (Å²) in [6.45, 7) is 8.76. The van der Waals surface area contributed by atoms with Crippen molar-refractivity contribution in [2.24, 2.45) is 0 Å². The molecule has 0 fully saturated rings. The predicted molar refractivity (Wildman–Crippen MR) is 102 cm³/mol. The van der Waals surface area contributed by atoms with Gasteiger partial charge < -0.3 is 0 Å². The average Bonchev–Trinajstić information content (AvgIpc) is 2.49. The molecule has 1 atom stereocenters. The number of nitrogens with zero attached hydrogens (tertiary/aromatic N) is 1. The molecule has 23 heavy (non-hydrogen) atoms. The average molecular weight is 330 g/mol. The maximum absolute atomic E-state index is 4.82. The molecular formula is C20H21NNaS. The van der Waals surface area contributed by atoms with Gasteiger partial charge in [0.25, 0.3) is 0 Å². The molecule has 2 aromatic carbocycles. The van der Waals surface area contributed by atoms with E-state index in [-0.39, 0.29) is 29.6 Å². The van der Waals surface area contributed by atoms with E-state index in [0.717, 1.165) is 10.5 Å². The van der Waals surface area contributed by atoms with Crippen molar-refractivity contribution in [2.45, 2.75) is 38.0 Å². The number of hydrogen-bond donors (Lipinski definition) is 0. The van der Waals surface area contributed by atoms with Crippen LogP contribution in [-0.4, -0.2) is 34.5 Å². The van der Waals surface area contributed by atoms with Crippen molar-refractivity contribution in [2.75, 3.05) is 0 Å². The summed E-state index contributed by atoms with van der Waals surface area (Å²) >= 11 is 1.84. The van der Waals surface area contributed by atoms with Crippen LogP contribution in [0.1, 0.15) is 34.4 Å². The monoisotopic (exact) mass is 330 g/mol. The summed E-state index contributed by atoms with van der Waals surface area (Å²) in [6.07, 6.45) is 0. The molecular weight excluding hydrogens is 309 g/mol. The van der Waals surface area contributed by atoms with Gasteiger partial charge in [0.05, 0.1) is 10.5 Å². The number of rotatable bonds is 3. The third-order valence-corrected chi connectivity index (χ3v) is 5.13. The number of aromatic nitrogens is 1. The summed E-state index contributed by atoms with van der Waals surface area (Å²) in [5.41, 5.74) is 6.44. The van der Waals surface area contributed by atoms with E-state index in [1.165, 1.54) is 27.6 Å². The molecule has 0 amide bonds. The Labute approximate surface area is 165 Å². The molecule has 113 valence electrons. The molecule has 3 rings (SSSR count). The third-order valence-electron chi connectivity index (χ3n) is 4.07. The molecule has 1 unspecified atom stereocenters. The van der Waals surface area contributed by atoms with E-state index in [4.69, 9.17) is 4.98 Å². The summed E-state index contributed by atoms with van der Waals surface area (Å²) < 4.78 is 0. The minimum absolute atomic E-state index is 0. The molecule has 0 bridgehead atoms. The number of aryl methyl sites for hydroxylation is 3. The van der Waals surface area contributed by atoms with Gasteiger partial charge in [-0.1, -0.05) is 53.7 Å². The molecule has 1 heterocycles. The van der Waals surface area contributed by atoms with Crippen LogP contribution in [0.25, 0.3) is 10.9 Å². The second kappa shape index (κ2) is 7.85. The number of para-hydroxylation sites is 1. The summed E-state index contributed by atoms with van der Waals surface area (Å²) in [7, 11) is 0. The van der Waals surface area contributed by atoms with Crippen LogP contribution in [0.15, 0.2) is 53.6 Å². The maximum atomic E-state index is 4.82. The van der Waals surface area contributed by atoms with E-state index < -0.39 is 0 Å². The van der Waals surface area contributed by atoms with Gasteiger partial charge in [-0.05, 0) is 56.5 Å². The van der Waals surface area contributed by atoms with Crippen molar-refractivity contribution < 1.29 is 0 Å². The molecule has 0 saturated heterocycles. The van der Waals surface area contributed by atoms with Gasteiger partial charge in [-0.3, -0.25) is 0 Å². The fourth-order valence-corrected chi connectivity index (χ4v) is 3.96. The number of benzene rings is 2. The second-order valence-electron chi connectivity index (χ2n) is 5.91. The Balaban J connectivity index is 0.00000192. The zero-order valence-electron chi connectivity index (χ0n) is 14.6. The molecule has 0 aliphatic heterocycles. The van der Waals surface area contributed by atoms with Crippen molar-refractivity contribution in [1.29, 1.82) is 0 Å². The van der Waals surface area contributed by atoms with Gasteiger partial charge in [0.15, 0.2) is 0 Å². The molecule has 0 spiro atoms. The summed E-state index contributed by atoms with van der Waals surface area (Å²) in [4.78, 5) is 4.82. The van der Waals surface area contributed by atoms with Crippen molar-refractivity contribution >= 4 is 52.2 Å². The van der Waals surface area contributed by atoms with Crippen LogP contribution < -0.4 is 0 Å². The fraction of sp³-hybridized carbons (Fsp3) is 0.250. The van der Waals surface area contributed by atoms with E-state index >= 15 is 0 Å². The summed E-state index contributed by atoms with van der Waals surface area (Å²) in [5, 5.41) is 2.74. The Kier molecular flexibility index (Phi) is 6.33. The van der Waals surface area contributed by atoms with Crippen LogP contribution in [0.2, 0.25) is 0 Å². The first-order valence-corrected chi connectivity index (χ1v) is 8.53. The molecule has 1 radical (unpaired) electrons. The number of hydrogen-bond acceptors (Lipinski definition) is 2. The largest absolute Gasteiger partial charge is 0.241 e. The normalized spacial score (nSPS) is 12.0. The van der Waals surface area contributed by atoms with Crippen LogP contribution >= 0.6 is 11.8 Å². The summed E-state index contributed by atoms with van der Waals surface area (Å²) in [5.74, 6) is 0. The smallest absolute Gasteiger partial charge is 0.0976 e. The van der Waals surface area contributed by atoms with Crippen LogP contribution in [0, 0.1) is 20.8 Å². The molecule has 0 aliphatic carbocycles. The van der Waals surface area contributed by atoms with Gasteiger partial charge in [-0.2, -0.15) is 0 Å². The van der Waals surface area contributed by atoms with Crippen LogP contribution in [-0.2, 0) is 0 Å². The first-order chi connectivity index (χ1) is 10.5. The quantitative estimate of drug-likeness (QED) is 0.456. The maximum Gasteiger partial charge on any atom is 0.0976 e. The van der Waals surface area contributed by atoms with Crippen LogP contribution in [0.3, 0.4) is 0 Å². The number of fused-ring (bicyclic) bond motifs is 1. The van der Waals surface area contributed by atoms with Gasteiger partial charge >= 0.3 is 0 Å². The molecule has 0 saturated carbocycles. The SMILES string of the molecule is Cc1ccc(C)c(C(C)Sc2cc(C)c3ccccc3n2)c1.[Na]. The number of thioether (sulfide) groups is 1. The molecule has 3 heteroatoms. The van der Waals surface area contributed by atoms with Gasteiger partial charge in [-0.25, -0.2) is 4.98 Å². The van der Waals surface area contributed by atoms with Gasteiger partial charge in [0, 0.05) is 40.2 Å². The van der Waals surface area contributed by atoms with Crippen LogP contribution in [0.5, 0.6) is 0 Å². The zero-order chi connectivity index (χ0) is 15.7. The third kappa shape index (κ3) is 4.19. The van der Waals surface area contributed by atoms with Gasteiger partial charge in [0.2, 0.25) is 0 Å². The van der Waals surface area contributed by atoms with E-state index in [1.54, 1.807) is 0 Å². The van der Waals surface area contributed by atoms with Crippen molar-refractivity contribution in [3.05, 3.63) is 70.8 Å². The standard InChI is InChI=1S/C20H21NS.Na/c1-13-9-10-14(2)18(11-13)16(4)22-20-12-15(3)17-7-5-6-8-19(17)21-20;/h5-12,16H,1-4H3;. The summed E-state index contributed by atoms with van der Waals surface area (Å²) in [6, 6.07) is 17.2. The first-order valence-electron chi connectivity index (χ1n) is 7.65. The fourth-order valence-electron chi connectivity index (χ4n) is 2.82. The van der Waals surface area contributed by atoms with Gasteiger partial charge in [-0.15, -0.1) is 0 Å². The Morgan fingerprint density at radius 2 is 1.65 bits per heavy atom. The van der Waals surface area contributed by atoms with E-state index in [2.05, 4.69) is 76.2 Å². The Morgan fingerprint density at radius 1 is 0.913 bits per heavy atom. The van der Waals surface area contributed by atoms with E-state index in [0.29, 0.717) is 5.25 Å². The van der Waals surface area contributed by atoms with E-state index in [1.807, 2.05) is 11.8 Å². The molecule has 3 aromatic rings. The molecule has 0 aliphatic rings. The Bertz CT molecular complexity index is 829. The minimum Gasteiger partial charge on any atom is -0.241 e. The topological polar surface area (TPSA) is 12.9 Å². The van der Waals surface area contributed by atoms with Gasteiger partial charge in [0.1, 0.15) is 0 Å².